The van der Waals surface area contributed by atoms with Crippen molar-refractivity contribution in [3.8, 4) is 0 Å². The Kier molecular flexibility index (Phi) is 12.9. The van der Waals surface area contributed by atoms with Crippen molar-refractivity contribution in [2.75, 3.05) is 24.3 Å². The number of nitrogens with one attached hydrogen (secondary N) is 3. The van der Waals surface area contributed by atoms with Gasteiger partial charge in [-0.1, -0.05) is 43.3 Å². The minimum absolute atomic E-state index is 0.0615. The zero-order valence-electron chi connectivity index (χ0n) is 30.5. The van der Waals surface area contributed by atoms with E-state index < -0.39 is 40.5 Å². The Morgan fingerprint density at radius 2 is 1.70 bits per heavy atom. The van der Waals surface area contributed by atoms with E-state index in [9.17, 15) is 28.4 Å². The molecule has 0 saturated carbocycles. The SMILES string of the molecule is CCC(Sc1cccc(NC(=O)/C(=C\c2ccc(F)cc2)NC(=O)c2ccccc2)c1)C(=O)Nc1sc2c(c1C(=O)OC)CCN(C(=O)OC(C)(C)C)C2. The van der Waals surface area contributed by atoms with E-state index in [1.807, 2.05) is 6.92 Å². The van der Waals surface area contributed by atoms with Gasteiger partial charge >= 0.3 is 12.1 Å². The zero-order chi connectivity index (χ0) is 39.0. The topological polar surface area (TPSA) is 143 Å². The number of carbonyl (C=O) groups is 5. The van der Waals surface area contributed by atoms with Crippen LogP contribution in [0.5, 0.6) is 0 Å². The van der Waals surface area contributed by atoms with Crippen LogP contribution in [0.3, 0.4) is 0 Å². The molecule has 0 saturated heterocycles. The predicted molar refractivity (Wildman–Crippen MR) is 208 cm³/mol. The average molecular weight is 773 g/mol. The fourth-order valence-corrected chi connectivity index (χ4v) is 7.75. The van der Waals surface area contributed by atoms with Crippen LogP contribution in [0.15, 0.2) is 89.5 Å². The van der Waals surface area contributed by atoms with Gasteiger partial charge in [-0.25, -0.2) is 14.0 Å². The number of hydrogen-bond acceptors (Lipinski definition) is 9. The number of thiophene rings is 1. The lowest BCUT2D eigenvalue weighted by atomic mass is 10.0. The van der Waals surface area contributed by atoms with Crippen molar-refractivity contribution >= 4 is 69.6 Å². The molecule has 4 aromatic rings. The molecule has 0 fully saturated rings. The molecule has 4 amide bonds. The van der Waals surface area contributed by atoms with E-state index in [2.05, 4.69) is 16.0 Å². The van der Waals surface area contributed by atoms with Crippen molar-refractivity contribution in [1.29, 1.82) is 0 Å². The number of hydrogen-bond donors (Lipinski definition) is 3. The second kappa shape index (κ2) is 17.6. The number of rotatable bonds is 11. The molecule has 1 aromatic heterocycles. The molecule has 0 aliphatic carbocycles. The lowest BCUT2D eigenvalue weighted by molar-refractivity contribution is -0.116. The largest absolute Gasteiger partial charge is 0.465 e. The summed E-state index contributed by atoms with van der Waals surface area (Å²) in [5.74, 6) is -2.46. The number of halogens is 1. The number of benzene rings is 3. The van der Waals surface area contributed by atoms with Crippen molar-refractivity contribution < 1.29 is 37.8 Å². The normalized spacial score (nSPS) is 13.3. The number of anilines is 2. The number of thioether (sulfide) groups is 1. The first-order valence-electron chi connectivity index (χ1n) is 17.2. The quantitative estimate of drug-likeness (QED) is 0.0794. The highest BCUT2D eigenvalue weighted by atomic mass is 32.2. The second-order valence-corrected chi connectivity index (χ2v) is 15.6. The summed E-state index contributed by atoms with van der Waals surface area (Å²) < 4.78 is 24.2. The highest BCUT2D eigenvalue weighted by Crippen LogP contribution is 2.39. The zero-order valence-corrected chi connectivity index (χ0v) is 32.1. The van der Waals surface area contributed by atoms with E-state index in [0.717, 1.165) is 10.4 Å². The van der Waals surface area contributed by atoms with Gasteiger partial charge in [0.1, 0.15) is 22.1 Å². The van der Waals surface area contributed by atoms with Crippen LogP contribution in [0.1, 0.15) is 70.8 Å². The number of amides is 4. The summed E-state index contributed by atoms with van der Waals surface area (Å²) in [6.07, 6.45) is 1.83. The van der Waals surface area contributed by atoms with Crippen LogP contribution in [-0.2, 0) is 32.0 Å². The van der Waals surface area contributed by atoms with Crippen LogP contribution in [-0.4, -0.2) is 59.2 Å². The summed E-state index contributed by atoms with van der Waals surface area (Å²) in [7, 11) is 1.28. The van der Waals surface area contributed by atoms with Gasteiger partial charge in [0.15, 0.2) is 0 Å². The van der Waals surface area contributed by atoms with E-state index in [-0.39, 0.29) is 23.7 Å². The molecule has 54 heavy (non-hydrogen) atoms. The van der Waals surface area contributed by atoms with E-state index >= 15 is 0 Å². The smallest absolute Gasteiger partial charge is 0.410 e. The van der Waals surface area contributed by atoms with Crippen molar-refractivity contribution in [3.05, 3.63) is 118 Å². The molecular weight excluding hydrogens is 732 g/mol. The molecule has 0 spiro atoms. The molecule has 1 unspecified atom stereocenters. The number of ether oxygens (including phenoxy) is 2. The Morgan fingerprint density at radius 1 is 0.981 bits per heavy atom. The molecule has 14 heteroatoms. The lowest BCUT2D eigenvalue weighted by Gasteiger charge is -2.30. The summed E-state index contributed by atoms with van der Waals surface area (Å²) in [4.78, 5) is 69.0. The molecule has 1 aliphatic heterocycles. The maximum Gasteiger partial charge on any atom is 0.410 e. The van der Waals surface area contributed by atoms with Crippen LogP contribution < -0.4 is 16.0 Å². The molecule has 0 bridgehead atoms. The number of esters is 1. The Balaban J connectivity index is 1.31. The first-order valence-corrected chi connectivity index (χ1v) is 18.9. The monoisotopic (exact) mass is 772 g/mol. The highest BCUT2D eigenvalue weighted by Gasteiger charge is 2.33. The summed E-state index contributed by atoms with van der Waals surface area (Å²) in [5, 5.41) is 8.18. The summed E-state index contributed by atoms with van der Waals surface area (Å²) in [6, 6.07) is 20.8. The maximum absolute atomic E-state index is 13.7. The van der Waals surface area contributed by atoms with Crippen molar-refractivity contribution in [3.63, 3.8) is 0 Å². The van der Waals surface area contributed by atoms with Gasteiger partial charge in [-0.05, 0) is 93.3 Å². The first kappa shape index (κ1) is 39.7. The van der Waals surface area contributed by atoms with Gasteiger partial charge in [-0.15, -0.1) is 23.1 Å². The minimum Gasteiger partial charge on any atom is -0.465 e. The molecule has 5 rings (SSSR count). The molecule has 11 nitrogen and oxygen atoms in total. The fraction of sp³-hybridized carbons (Fsp3) is 0.275. The van der Waals surface area contributed by atoms with Gasteiger partial charge in [-0.3, -0.25) is 14.4 Å². The van der Waals surface area contributed by atoms with Gasteiger partial charge in [0.25, 0.3) is 11.8 Å². The average Bonchev–Trinajstić information content (AvgIpc) is 3.50. The molecule has 282 valence electrons. The number of carbonyl (C=O) groups excluding carboxylic acids is 5. The van der Waals surface area contributed by atoms with Crippen molar-refractivity contribution in [2.24, 2.45) is 0 Å². The standard InChI is InChI=1S/C40H41FN4O7S2/c1-6-31(36(48)44-37-33(38(49)51-5)29-19-20-45(23-32(29)54-37)39(50)52-40(2,3)4)53-28-14-10-13-27(22-28)42-35(47)30(21-24-15-17-26(41)18-16-24)43-34(46)25-11-8-7-9-12-25/h7-18,21-22,31H,6,19-20,23H2,1-5H3,(H,42,47)(H,43,46)(H,44,48)/b30-21+. The molecule has 0 radical (unpaired) electrons. The van der Waals surface area contributed by atoms with E-state index in [4.69, 9.17) is 9.47 Å². The Labute approximate surface area is 321 Å². The van der Waals surface area contributed by atoms with Crippen molar-refractivity contribution in [2.45, 2.75) is 62.8 Å². The van der Waals surface area contributed by atoms with Crippen LogP contribution in [0, 0.1) is 5.82 Å². The van der Waals surface area contributed by atoms with E-state index in [1.165, 1.54) is 60.5 Å². The molecular formula is C40H41FN4O7S2. The molecule has 3 N–H and O–H groups in total. The number of nitrogens with zero attached hydrogens (tertiary/aromatic N) is 1. The Bertz CT molecular complexity index is 2060. The van der Waals surface area contributed by atoms with Crippen molar-refractivity contribution in [1.82, 2.24) is 10.2 Å². The Morgan fingerprint density at radius 3 is 2.37 bits per heavy atom. The maximum atomic E-state index is 13.7. The lowest BCUT2D eigenvalue weighted by Crippen LogP contribution is -2.39. The molecule has 1 aliphatic rings. The van der Waals surface area contributed by atoms with E-state index in [1.54, 1.807) is 80.3 Å². The first-order chi connectivity index (χ1) is 25.7. The number of methoxy groups -OCH3 is 1. The third-order valence-corrected chi connectivity index (χ3v) is 10.6. The minimum atomic E-state index is -0.660. The third kappa shape index (κ3) is 10.4. The third-order valence-electron chi connectivity index (χ3n) is 8.08. The summed E-state index contributed by atoms with van der Waals surface area (Å²) in [5.41, 5.74) is 1.55. The predicted octanol–water partition coefficient (Wildman–Crippen LogP) is 7.89. The molecule has 1 atom stereocenters. The second-order valence-electron chi connectivity index (χ2n) is 13.3. The molecule has 3 aromatic carbocycles. The van der Waals surface area contributed by atoms with Gasteiger partial charge in [-0.2, -0.15) is 0 Å². The molecule has 2 heterocycles. The van der Waals surface area contributed by atoms with Crippen LogP contribution >= 0.6 is 23.1 Å². The summed E-state index contributed by atoms with van der Waals surface area (Å²) >= 11 is 2.51. The fourth-order valence-electron chi connectivity index (χ4n) is 5.48. The van der Waals surface area contributed by atoms with Crippen LogP contribution in [0.2, 0.25) is 0 Å². The Hall–Kier alpha value is -5.47. The van der Waals surface area contributed by atoms with Crippen LogP contribution in [0.4, 0.5) is 19.9 Å². The van der Waals surface area contributed by atoms with Gasteiger partial charge in [0.05, 0.1) is 24.5 Å². The number of fused-ring (bicyclic) bond motifs is 1. The highest BCUT2D eigenvalue weighted by molar-refractivity contribution is 8.00. The van der Waals surface area contributed by atoms with Crippen LogP contribution in [0.25, 0.3) is 6.08 Å². The summed E-state index contributed by atoms with van der Waals surface area (Å²) in [6.45, 7) is 7.83. The van der Waals surface area contributed by atoms with Gasteiger partial charge in [0.2, 0.25) is 5.91 Å². The van der Waals surface area contributed by atoms with Gasteiger partial charge in [0, 0.05) is 27.6 Å². The van der Waals surface area contributed by atoms with E-state index in [0.29, 0.717) is 46.1 Å². The van der Waals surface area contributed by atoms with Gasteiger partial charge < -0.3 is 30.3 Å².